The summed E-state index contributed by atoms with van der Waals surface area (Å²) >= 11 is 11.9. The lowest BCUT2D eigenvalue weighted by molar-refractivity contribution is 0.0693. The summed E-state index contributed by atoms with van der Waals surface area (Å²) in [6.07, 6.45) is 0. The number of hydrogen-bond acceptors (Lipinski definition) is 3. The summed E-state index contributed by atoms with van der Waals surface area (Å²) in [6, 6.07) is 4.74. The second-order valence-electron chi connectivity index (χ2n) is 3.85. The number of carbonyl (C=O) groups is 1. The van der Waals surface area contributed by atoms with Gasteiger partial charge in [-0.15, -0.1) is 0 Å². The molecule has 0 saturated heterocycles. The molecule has 1 aromatic carbocycles. The number of methoxy groups -OCH3 is 1. The van der Waals surface area contributed by atoms with Crippen molar-refractivity contribution in [2.45, 2.75) is 6.04 Å². The Balaban J connectivity index is 2.46. The van der Waals surface area contributed by atoms with Gasteiger partial charge in [-0.2, -0.15) is 5.26 Å². The van der Waals surface area contributed by atoms with E-state index >= 15 is 0 Å². The topological polar surface area (TPSA) is 53.3 Å². The lowest BCUT2D eigenvalue weighted by Gasteiger charge is -2.19. The average molecular weight is 285 g/mol. The Hall–Kier alpha value is -1.28. The Labute approximate surface area is 115 Å². The normalized spacial score (nSPS) is 17.8. The third-order valence-corrected chi connectivity index (χ3v) is 3.67. The highest BCUT2D eigenvalue weighted by Gasteiger charge is 2.38. The fraction of sp³-hybridized carbons (Fsp3) is 0.333. The van der Waals surface area contributed by atoms with Gasteiger partial charge in [0.05, 0.1) is 28.3 Å². The molecular weight excluding hydrogens is 275 g/mol. The molecular formula is C12H10Cl2N2O2. The van der Waals surface area contributed by atoms with E-state index in [9.17, 15) is 10.1 Å². The van der Waals surface area contributed by atoms with Crippen molar-refractivity contribution in [3.8, 4) is 6.07 Å². The second-order valence-corrected chi connectivity index (χ2v) is 4.63. The van der Waals surface area contributed by atoms with Gasteiger partial charge in [-0.05, 0) is 6.07 Å². The zero-order chi connectivity index (χ0) is 13.3. The number of carbonyl (C=O) groups excluding carboxylic acids is 1. The molecule has 4 nitrogen and oxygen atoms in total. The molecule has 1 aliphatic rings. The third-order valence-electron chi connectivity index (χ3n) is 2.87. The molecule has 0 bridgehead atoms. The average Bonchev–Trinajstić information content (AvgIpc) is 2.64. The first-order chi connectivity index (χ1) is 8.61. The number of amides is 1. The zero-order valence-corrected chi connectivity index (χ0v) is 11.1. The van der Waals surface area contributed by atoms with Gasteiger partial charge in [0.1, 0.15) is 6.04 Å². The summed E-state index contributed by atoms with van der Waals surface area (Å²) in [7, 11) is 1.54. The molecule has 94 valence electrons. The maximum Gasteiger partial charge on any atom is 0.257 e. The Kier molecular flexibility index (Phi) is 3.76. The highest BCUT2D eigenvalue weighted by molar-refractivity contribution is 6.44. The zero-order valence-electron chi connectivity index (χ0n) is 9.61. The van der Waals surface area contributed by atoms with Crippen molar-refractivity contribution in [3.05, 3.63) is 33.3 Å². The fourth-order valence-corrected chi connectivity index (χ4v) is 2.41. The molecule has 1 atom stereocenters. The van der Waals surface area contributed by atoms with Gasteiger partial charge in [-0.3, -0.25) is 4.79 Å². The summed E-state index contributed by atoms with van der Waals surface area (Å²) in [4.78, 5) is 13.7. The number of nitriles is 1. The Morgan fingerprint density at radius 3 is 2.83 bits per heavy atom. The second kappa shape index (κ2) is 5.15. The van der Waals surface area contributed by atoms with Crippen LogP contribution in [0.4, 0.5) is 0 Å². The van der Waals surface area contributed by atoms with Crippen LogP contribution in [0.3, 0.4) is 0 Å². The highest BCUT2D eigenvalue weighted by atomic mass is 35.5. The third kappa shape index (κ3) is 1.95. The van der Waals surface area contributed by atoms with Crippen LogP contribution in [-0.2, 0) is 4.74 Å². The molecule has 0 aromatic heterocycles. The minimum atomic E-state index is -0.627. The molecule has 0 radical (unpaired) electrons. The van der Waals surface area contributed by atoms with Gasteiger partial charge in [0.25, 0.3) is 5.91 Å². The van der Waals surface area contributed by atoms with E-state index in [-0.39, 0.29) is 10.9 Å². The number of rotatable bonds is 3. The Morgan fingerprint density at radius 1 is 1.50 bits per heavy atom. The minimum Gasteiger partial charge on any atom is -0.383 e. The van der Waals surface area contributed by atoms with Crippen molar-refractivity contribution < 1.29 is 9.53 Å². The van der Waals surface area contributed by atoms with Crippen LogP contribution >= 0.6 is 23.2 Å². The van der Waals surface area contributed by atoms with Gasteiger partial charge in [0.2, 0.25) is 0 Å². The van der Waals surface area contributed by atoms with Crippen molar-refractivity contribution >= 4 is 29.1 Å². The monoisotopic (exact) mass is 284 g/mol. The smallest absolute Gasteiger partial charge is 0.257 e. The standard InChI is InChI=1S/C12H10Cl2N2O2/c1-18-5-4-16-9(6-15)7-2-3-8(13)11(14)10(7)12(16)17/h2-3,9H,4-5H2,1H3. The number of halogens is 2. The summed E-state index contributed by atoms with van der Waals surface area (Å²) in [6.45, 7) is 0.708. The van der Waals surface area contributed by atoms with E-state index in [0.29, 0.717) is 29.3 Å². The lowest BCUT2D eigenvalue weighted by atomic mass is 10.1. The molecule has 0 fully saturated rings. The molecule has 1 amide bonds. The van der Waals surface area contributed by atoms with Gasteiger partial charge < -0.3 is 9.64 Å². The number of benzene rings is 1. The summed E-state index contributed by atoms with van der Waals surface area (Å²) in [5.74, 6) is -0.277. The van der Waals surface area contributed by atoms with Crippen LogP contribution in [0.25, 0.3) is 0 Å². The van der Waals surface area contributed by atoms with Gasteiger partial charge in [0, 0.05) is 19.2 Å². The first kappa shape index (κ1) is 13.2. The van der Waals surface area contributed by atoms with Crippen LogP contribution in [0.2, 0.25) is 10.0 Å². The minimum absolute atomic E-state index is 0.208. The van der Waals surface area contributed by atoms with Crippen LogP contribution < -0.4 is 0 Å². The van der Waals surface area contributed by atoms with E-state index < -0.39 is 6.04 Å². The Morgan fingerprint density at radius 2 is 2.22 bits per heavy atom. The molecule has 1 unspecified atom stereocenters. The van der Waals surface area contributed by atoms with Crippen molar-refractivity contribution in [2.24, 2.45) is 0 Å². The van der Waals surface area contributed by atoms with E-state index in [2.05, 4.69) is 6.07 Å². The molecule has 1 heterocycles. The molecule has 0 aliphatic carbocycles. The van der Waals surface area contributed by atoms with Crippen molar-refractivity contribution in [3.63, 3.8) is 0 Å². The van der Waals surface area contributed by atoms with Gasteiger partial charge in [-0.25, -0.2) is 0 Å². The van der Waals surface area contributed by atoms with E-state index in [1.54, 1.807) is 19.2 Å². The summed E-state index contributed by atoms with van der Waals surface area (Å²) < 4.78 is 4.94. The highest BCUT2D eigenvalue weighted by Crippen LogP contribution is 2.39. The van der Waals surface area contributed by atoms with Crippen molar-refractivity contribution in [1.29, 1.82) is 5.26 Å². The van der Waals surface area contributed by atoms with Gasteiger partial charge in [0.15, 0.2) is 0 Å². The number of fused-ring (bicyclic) bond motifs is 1. The predicted molar refractivity (Wildman–Crippen MR) is 67.7 cm³/mol. The van der Waals surface area contributed by atoms with Crippen LogP contribution in [0.15, 0.2) is 12.1 Å². The van der Waals surface area contributed by atoms with E-state index in [4.69, 9.17) is 27.9 Å². The lowest BCUT2D eigenvalue weighted by Crippen LogP contribution is -2.30. The molecule has 0 N–H and O–H groups in total. The summed E-state index contributed by atoms with van der Waals surface area (Å²) in [5.41, 5.74) is 0.930. The first-order valence-electron chi connectivity index (χ1n) is 5.29. The van der Waals surface area contributed by atoms with E-state index in [1.165, 1.54) is 4.90 Å². The van der Waals surface area contributed by atoms with Crippen molar-refractivity contribution in [1.82, 2.24) is 4.90 Å². The molecule has 0 spiro atoms. The molecule has 6 heteroatoms. The largest absolute Gasteiger partial charge is 0.383 e. The maximum absolute atomic E-state index is 12.2. The molecule has 0 saturated carbocycles. The molecule has 1 aliphatic heterocycles. The van der Waals surface area contributed by atoms with Gasteiger partial charge in [-0.1, -0.05) is 29.3 Å². The maximum atomic E-state index is 12.2. The Bertz CT molecular complexity index is 540. The van der Waals surface area contributed by atoms with Crippen LogP contribution in [-0.4, -0.2) is 31.1 Å². The van der Waals surface area contributed by atoms with Crippen LogP contribution in [0.5, 0.6) is 0 Å². The summed E-state index contributed by atoms with van der Waals surface area (Å²) in [5, 5.41) is 9.72. The molecule has 1 aromatic rings. The molecule has 2 rings (SSSR count). The number of hydrogen-bond donors (Lipinski definition) is 0. The first-order valence-corrected chi connectivity index (χ1v) is 6.04. The van der Waals surface area contributed by atoms with Gasteiger partial charge >= 0.3 is 0 Å². The van der Waals surface area contributed by atoms with E-state index in [0.717, 1.165) is 0 Å². The SMILES string of the molecule is COCCN1C(=O)c2c(ccc(Cl)c2Cl)C1C#N. The molecule has 18 heavy (non-hydrogen) atoms. The van der Waals surface area contributed by atoms with E-state index in [1.807, 2.05) is 0 Å². The quantitative estimate of drug-likeness (QED) is 0.858. The van der Waals surface area contributed by atoms with Crippen LogP contribution in [0, 0.1) is 11.3 Å². The number of ether oxygens (including phenoxy) is 1. The number of nitrogens with zero attached hydrogens (tertiary/aromatic N) is 2. The predicted octanol–water partition coefficient (Wildman–Crippen LogP) is 2.66. The fourth-order valence-electron chi connectivity index (χ4n) is 2.00. The van der Waals surface area contributed by atoms with Crippen molar-refractivity contribution in [2.75, 3.05) is 20.3 Å². The van der Waals surface area contributed by atoms with Crippen LogP contribution in [0.1, 0.15) is 22.0 Å².